The summed E-state index contributed by atoms with van der Waals surface area (Å²) < 4.78 is 5.97. The number of nitrogens with zero attached hydrogens (tertiary/aromatic N) is 1. The number of nitrogens with one attached hydrogen (secondary N) is 1. The lowest BCUT2D eigenvalue weighted by atomic mass is 10.2. The fourth-order valence-electron chi connectivity index (χ4n) is 1.74. The lowest BCUT2D eigenvalue weighted by molar-refractivity contribution is -0.386. The van der Waals surface area contributed by atoms with Crippen LogP contribution in [0.2, 0.25) is 0 Å². The molecular weight excluding hydrogens is 344 g/mol. The molecule has 1 aromatic rings. The van der Waals surface area contributed by atoms with E-state index in [4.69, 9.17) is 9.84 Å². The van der Waals surface area contributed by atoms with Gasteiger partial charge in [-0.1, -0.05) is 22.9 Å². The number of ether oxygens (including phenoxy) is 1. The Kier molecular flexibility index (Phi) is 6.57. The highest BCUT2D eigenvalue weighted by Crippen LogP contribution is 2.34. The smallest absolute Gasteiger partial charge is 0.324 e. The highest BCUT2D eigenvalue weighted by Gasteiger charge is 2.23. The third-order valence-electron chi connectivity index (χ3n) is 2.75. The van der Waals surface area contributed by atoms with Gasteiger partial charge in [0, 0.05) is 10.5 Å². The molecule has 0 saturated heterocycles. The molecule has 8 heteroatoms. The molecule has 0 aliphatic heterocycles. The number of aliphatic carboxylic acids is 1. The van der Waals surface area contributed by atoms with Gasteiger partial charge < -0.3 is 15.2 Å². The molecule has 0 aliphatic rings. The van der Waals surface area contributed by atoms with Crippen LogP contribution >= 0.6 is 15.9 Å². The Morgan fingerprint density at radius 3 is 2.76 bits per heavy atom. The predicted octanol–water partition coefficient (Wildman–Crippen LogP) is 2.50. The predicted molar refractivity (Wildman–Crippen MR) is 80.7 cm³/mol. The van der Waals surface area contributed by atoms with Crippen LogP contribution in [0.25, 0.3) is 0 Å². The molecule has 0 aliphatic carbocycles. The lowest BCUT2D eigenvalue weighted by Gasteiger charge is -2.16. The molecule has 0 bridgehead atoms. The normalized spacial score (nSPS) is 12.0. The summed E-state index contributed by atoms with van der Waals surface area (Å²) in [6.45, 7) is 3.93. The molecule has 21 heavy (non-hydrogen) atoms. The zero-order chi connectivity index (χ0) is 16.0. The van der Waals surface area contributed by atoms with E-state index in [2.05, 4.69) is 21.2 Å². The molecule has 0 radical (unpaired) electrons. The van der Waals surface area contributed by atoms with Crippen LogP contribution in [0, 0.1) is 17.0 Å². The Bertz CT molecular complexity index is 536. The first-order chi connectivity index (χ1) is 9.86. The van der Waals surface area contributed by atoms with Crippen LogP contribution in [0.1, 0.15) is 18.9 Å². The second-order valence-corrected chi connectivity index (χ2v) is 5.40. The van der Waals surface area contributed by atoms with Crippen LogP contribution in [-0.2, 0) is 4.79 Å². The molecule has 1 rings (SSSR count). The second kappa shape index (κ2) is 7.94. The van der Waals surface area contributed by atoms with Crippen molar-refractivity contribution in [2.24, 2.45) is 0 Å². The standard InChI is InChI=1S/C13H17BrN2O5/c1-3-4-15-10(13(17)18)7-21-12-8(2)5-9(14)6-11(12)16(19)20/h5-6,10,15H,3-4,7H2,1-2H3,(H,17,18). The zero-order valence-electron chi connectivity index (χ0n) is 11.8. The second-order valence-electron chi connectivity index (χ2n) is 4.48. The number of carbonyl (C=O) groups is 1. The summed E-state index contributed by atoms with van der Waals surface area (Å²) in [4.78, 5) is 21.6. The van der Waals surface area contributed by atoms with E-state index in [9.17, 15) is 14.9 Å². The van der Waals surface area contributed by atoms with E-state index in [0.29, 0.717) is 16.6 Å². The fourth-order valence-corrected chi connectivity index (χ4v) is 2.30. The number of aryl methyl sites for hydroxylation is 1. The van der Waals surface area contributed by atoms with Gasteiger partial charge in [-0.05, 0) is 31.5 Å². The van der Waals surface area contributed by atoms with E-state index >= 15 is 0 Å². The number of halogens is 1. The summed E-state index contributed by atoms with van der Waals surface area (Å²) in [5, 5.41) is 23.0. The Balaban J connectivity index is 2.91. The van der Waals surface area contributed by atoms with Gasteiger partial charge >= 0.3 is 11.7 Å². The molecule has 0 aromatic heterocycles. The van der Waals surface area contributed by atoms with E-state index < -0.39 is 16.9 Å². The van der Waals surface area contributed by atoms with Crippen LogP contribution in [-0.4, -0.2) is 35.2 Å². The Labute approximate surface area is 130 Å². The van der Waals surface area contributed by atoms with Crippen molar-refractivity contribution in [2.45, 2.75) is 26.3 Å². The topological polar surface area (TPSA) is 102 Å². The average Bonchev–Trinajstić information content (AvgIpc) is 2.39. The van der Waals surface area contributed by atoms with Crippen molar-refractivity contribution in [3.63, 3.8) is 0 Å². The summed E-state index contributed by atoms with van der Waals surface area (Å²) in [6, 6.07) is 2.10. The van der Waals surface area contributed by atoms with Crippen molar-refractivity contribution in [3.05, 3.63) is 32.3 Å². The van der Waals surface area contributed by atoms with E-state index in [-0.39, 0.29) is 18.0 Å². The van der Waals surface area contributed by atoms with E-state index in [1.807, 2.05) is 6.92 Å². The maximum Gasteiger partial charge on any atom is 0.324 e. The van der Waals surface area contributed by atoms with Crippen molar-refractivity contribution in [1.82, 2.24) is 5.32 Å². The van der Waals surface area contributed by atoms with E-state index in [0.717, 1.165) is 6.42 Å². The van der Waals surface area contributed by atoms with Crippen LogP contribution in [0.5, 0.6) is 5.75 Å². The minimum Gasteiger partial charge on any atom is -0.484 e. The van der Waals surface area contributed by atoms with Crippen LogP contribution in [0.3, 0.4) is 0 Å². The maximum absolute atomic E-state index is 11.1. The largest absolute Gasteiger partial charge is 0.484 e. The quantitative estimate of drug-likeness (QED) is 0.545. The molecule has 0 amide bonds. The van der Waals surface area contributed by atoms with Gasteiger partial charge in [-0.2, -0.15) is 0 Å². The van der Waals surface area contributed by atoms with Gasteiger partial charge in [-0.25, -0.2) is 0 Å². The zero-order valence-corrected chi connectivity index (χ0v) is 13.3. The number of nitro benzene ring substituents is 1. The van der Waals surface area contributed by atoms with Gasteiger partial charge in [0.15, 0.2) is 5.75 Å². The van der Waals surface area contributed by atoms with Gasteiger partial charge in [-0.15, -0.1) is 0 Å². The Hall–Kier alpha value is -1.67. The number of carboxylic acid groups (broad SMARTS) is 1. The van der Waals surface area contributed by atoms with E-state index in [1.54, 1.807) is 13.0 Å². The molecule has 1 atom stereocenters. The SMILES string of the molecule is CCCNC(COc1c(C)cc(Br)cc1[N+](=O)[O-])C(=O)O. The molecule has 0 heterocycles. The minimum atomic E-state index is -1.05. The summed E-state index contributed by atoms with van der Waals surface area (Å²) in [5.74, 6) is -0.964. The summed E-state index contributed by atoms with van der Waals surface area (Å²) in [5.41, 5.74) is 0.372. The van der Waals surface area contributed by atoms with Gasteiger partial charge in [-0.3, -0.25) is 14.9 Å². The molecule has 2 N–H and O–H groups in total. The third-order valence-corrected chi connectivity index (χ3v) is 3.21. The van der Waals surface area contributed by atoms with Gasteiger partial charge in [0.25, 0.3) is 0 Å². The highest BCUT2D eigenvalue weighted by molar-refractivity contribution is 9.10. The molecule has 7 nitrogen and oxygen atoms in total. The summed E-state index contributed by atoms with van der Waals surface area (Å²) in [7, 11) is 0. The van der Waals surface area contributed by atoms with Crippen molar-refractivity contribution in [3.8, 4) is 5.75 Å². The van der Waals surface area contributed by atoms with Crippen LogP contribution in [0.4, 0.5) is 5.69 Å². The number of carboxylic acids is 1. The fraction of sp³-hybridized carbons (Fsp3) is 0.462. The number of hydrogen-bond donors (Lipinski definition) is 2. The Morgan fingerprint density at radius 1 is 1.57 bits per heavy atom. The number of benzene rings is 1. The van der Waals surface area contributed by atoms with Crippen molar-refractivity contribution in [2.75, 3.05) is 13.2 Å². The third kappa shape index (κ3) is 4.98. The molecule has 1 unspecified atom stereocenters. The maximum atomic E-state index is 11.1. The van der Waals surface area contributed by atoms with Crippen LogP contribution < -0.4 is 10.1 Å². The molecule has 1 aromatic carbocycles. The van der Waals surface area contributed by atoms with Crippen LogP contribution in [0.15, 0.2) is 16.6 Å². The van der Waals surface area contributed by atoms with E-state index in [1.165, 1.54) is 6.07 Å². The first kappa shape index (κ1) is 17.4. The highest BCUT2D eigenvalue weighted by atomic mass is 79.9. The molecule has 0 fully saturated rings. The van der Waals surface area contributed by atoms with Gasteiger partial charge in [0.2, 0.25) is 0 Å². The summed E-state index contributed by atoms with van der Waals surface area (Å²) in [6.07, 6.45) is 0.779. The van der Waals surface area contributed by atoms with Crippen molar-refractivity contribution in [1.29, 1.82) is 0 Å². The number of nitro groups is 1. The number of rotatable bonds is 8. The lowest BCUT2D eigenvalue weighted by Crippen LogP contribution is -2.41. The van der Waals surface area contributed by atoms with Gasteiger partial charge in [0.1, 0.15) is 12.6 Å². The van der Waals surface area contributed by atoms with Crippen molar-refractivity contribution >= 4 is 27.6 Å². The minimum absolute atomic E-state index is 0.0905. The average molecular weight is 361 g/mol. The monoisotopic (exact) mass is 360 g/mol. The summed E-state index contributed by atoms with van der Waals surface area (Å²) >= 11 is 3.19. The Morgan fingerprint density at radius 2 is 2.24 bits per heavy atom. The van der Waals surface area contributed by atoms with Crippen molar-refractivity contribution < 1.29 is 19.6 Å². The molecule has 0 saturated carbocycles. The molecule has 0 spiro atoms. The van der Waals surface area contributed by atoms with Gasteiger partial charge in [0.05, 0.1) is 4.92 Å². The first-order valence-corrected chi connectivity index (χ1v) is 7.19. The molecular formula is C13H17BrN2O5. The first-order valence-electron chi connectivity index (χ1n) is 6.40. The molecule has 116 valence electrons. The number of hydrogen-bond acceptors (Lipinski definition) is 5.